The topological polar surface area (TPSA) is 0 Å². The van der Waals surface area contributed by atoms with E-state index in [-0.39, 0.29) is 0 Å². The second kappa shape index (κ2) is 6.95. The lowest BCUT2D eigenvalue weighted by Gasteiger charge is -2.22. The first kappa shape index (κ1) is 16.5. The summed E-state index contributed by atoms with van der Waals surface area (Å²) in [5.41, 5.74) is 1.39. The van der Waals surface area contributed by atoms with Crippen LogP contribution in [0, 0.1) is 6.92 Å². The van der Waals surface area contributed by atoms with Gasteiger partial charge in [0.05, 0.1) is 8.07 Å². The van der Waals surface area contributed by atoms with Gasteiger partial charge >= 0.3 is 0 Å². The molecule has 0 atom stereocenters. The van der Waals surface area contributed by atoms with Crippen LogP contribution in [0.5, 0.6) is 0 Å². The predicted octanol–water partition coefficient (Wildman–Crippen LogP) is 3.39. The van der Waals surface area contributed by atoms with Crippen molar-refractivity contribution < 1.29 is 0 Å². The second-order valence-corrected chi connectivity index (χ2v) is 14.7. The monoisotopic (exact) mass is 331 g/mol. The molecule has 0 spiro atoms. The van der Waals surface area contributed by atoms with E-state index in [1.807, 2.05) is 0 Å². The molecule has 0 aromatic heterocycles. The number of hydrogen-bond donors (Lipinski definition) is 0. The quantitative estimate of drug-likeness (QED) is 0.582. The van der Waals surface area contributed by atoms with Gasteiger partial charge in [0.2, 0.25) is 0 Å². The molecule has 111 valence electrons. The number of rotatable bonds is 5. The minimum atomic E-state index is -1.28. The van der Waals surface area contributed by atoms with Crippen molar-refractivity contribution in [3.05, 3.63) is 54.1 Å². The van der Waals surface area contributed by atoms with Gasteiger partial charge in [0, 0.05) is 5.88 Å². The van der Waals surface area contributed by atoms with Gasteiger partial charge in [0.25, 0.3) is 0 Å². The zero-order chi connectivity index (χ0) is 15.5. The van der Waals surface area contributed by atoms with Crippen LogP contribution >= 0.6 is 11.6 Å². The molecular formula is C18H24ClSi2. The standard InChI is InChI=1S/C18H24ClSi2/c1-15-12-17(14-18(13-15)21(2,3)4)20(11-10-19)16-8-6-5-7-9-16/h5-9,12-14H,10-11H2,1-4H3. The molecule has 0 aliphatic carbocycles. The maximum atomic E-state index is 6.10. The van der Waals surface area contributed by atoms with Gasteiger partial charge in [-0.2, -0.15) is 0 Å². The van der Waals surface area contributed by atoms with Crippen LogP contribution in [0.3, 0.4) is 0 Å². The third-order valence-corrected chi connectivity index (χ3v) is 9.05. The Hall–Kier alpha value is -0.836. The fraction of sp³-hybridized carbons (Fsp3) is 0.333. The van der Waals surface area contributed by atoms with E-state index in [0.717, 1.165) is 11.9 Å². The number of hydrogen-bond acceptors (Lipinski definition) is 0. The summed E-state index contributed by atoms with van der Waals surface area (Å²) < 4.78 is 0. The van der Waals surface area contributed by atoms with Crippen LogP contribution in [0.2, 0.25) is 25.7 Å². The molecule has 1 radical (unpaired) electrons. The van der Waals surface area contributed by atoms with Gasteiger partial charge < -0.3 is 0 Å². The zero-order valence-electron chi connectivity index (χ0n) is 13.4. The van der Waals surface area contributed by atoms with Crippen molar-refractivity contribution in [1.29, 1.82) is 0 Å². The third-order valence-electron chi connectivity index (χ3n) is 3.76. The van der Waals surface area contributed by atoms with Crippen molar-refractivity contribution in [3.8, 4) is 0 Å². The van der Waals surface area contributed by atoms with Gasteiger partial charge in [-0.1, -0.05) is 89.3 Å². The van der Waals surface area contributed by atoms with Crippen molar-refractivity contribution >= 4 is 44.0 Å². The molecule has 0 saturated heterocycles. The Morgan fingerprint density at radius 3 is 2.19 bits per heavy atom. The summed E-state index contributed by atoms with van der Waals surface area (Å²) in [6, 6.07) is 19.2. The average molecular weight is 332 g/mol. The first-order valence-electron chi connectivity index (χ1n) is 7.51. The normalized spacial score (nSPS) is 11.9. The molecule has 2 rings (SSSR count). The van der Waals surface area contributed by atoms with Gasteiger partial charge in [0.15, 0.2) is 0 Å². The third kappa shape index (κ3) is 4.32. The van der Waals surface area contributed by atoms with Crippen LogP contribution in [0.1, 0.15) is 5.56 Å². The van der Waals surface area contributed by atoms with Gasteiger partial charge in [-0.15, -0.1) is 11.6 Å². The Labute approximate surface area is 136 Å². The van der Waals surface area contributed by atoms with Crippen LogP contribution in [-0.2, 0) is 0 Å². The average Bonchev–Trinajstić information content (AvgIpc) is 2.44. The van der Waals surface area contributed by atoms with Gasteiger partial charge in [-0.05, 0) is 13.0 Å². The van der Waals surface area contributed by atoms with Crippen LogP contribution in [-0.4, -0.2) is 22.8 Å². The zero-order valence-corrected chi connectivity index (χ0v) is 16.2. The smallest absolute Gasteiger partial charge is 0.122 e. The number of aryl methyl sites for hydroxylation is 1. The number of alkyl halides is 1. The first-order valence-corrected chi connectivity index (χ1v) is 13.3. The maximum Gasteiger partial charge on any atom is 0.122 e. The highest BCUT2D eigenvalue weighted by Crippen LogP contribution is 2.06. The summed E-state index contributed by atoms with van der Waals surface area (Å²) in [6.45, 7) is 9.48. The van der Waals surface area contributed by atoms with E-state index in [0.29, 0.717) is 0 Å². The van der Waals surface area contributed by atoms with Gasteiger partial charge in [-0.25, -0.2) is 0 Å². The van der Waals surface area contributed by atoms with E-state index in [2.05, 4.69) is 75.1 Å². The van der Waals surface area contributed by atoms with Crippen molar-refractivity contribution in [2.75, 3.05) is 5.88 Å². The minimum absolute atomic E-state index is 0.736. The van der Waals surface area contributed by atoms with E-state index >= 15 is 0 Å². The van der Waals surface area contributed by atoms with Crippen LogP contribution < -0.4 is 15.6 Å². The van der Waals surface area contributed by atoms with E-state index in [1.54, 1.807) is 5.19 Å². The van der Waals surface area contributed by atoms with E-state index in [1.165, 1.54) is 15.9 Å². The molecule has 0 unspecified atom stereocenters. The van der Waals surface area contributed by atoms with Crippen molar-refractivity contribution in [2.45, 2.75) is 32.6 Å². The summed E-state index contributed by atoms with van der Waals surface area (Å²) in [5.74, 6) is 0.736. The lowest BCUT2D eigenvalue weighted by molar-refractivity contribution is 1.43. The highest BCUT2D eigenvalue weighted by molar-refractivity contribution is 6.90. The number of halogens is 1. The maximum absolute atomic E-state index is 6.10. The Kier molecular flexibility index (Phi) is 5.47. The second-order valence-electron chi connectivity index (χ2n) is 6.62. The fourth-order valence-electron chi connectivity index (χ4n) is 2.58. The predicted molar refractivity (Wildman–Crippen MR) is 101 cm³/mol. The molecule has 0 fully saturated rings. The Bertz CT molecular complexity index is 588. The molecule has 0 bridgehead atoms. The SMILES string of the molecule is Cc1cc([Si](CCCl)c2ccccc2)cc([Si](C)(C)C)c1. The summed E-state index contributed by atoms with van der Waals surface area (Å²) in [6.07, 6.45) is 0. The largest absolute Gasteiger partial charge is 0.127 e. The highest BCUT2D eigenvalue weighted by Gasteiger charge is 2.21. The molecule has 2 aromatic carbocycles. The fourth-order valence-corrected chi connectivity index (χ4v) is 6.97. The summed E-state index contributed by atoms with van der Waals surface area (Å²) in [5, 5.41) is 4.55. The Morgan fingerprint density at radius 2 is 1.62 bits per heavy atom. The molecule has 21 heavy (non-hydrogen) atoms. The Balaban J connectivity index is 2.48. The van der Waals surface area contributed by atoms with E-state index in [4.69, 9.17) is 11.6 Å². The molecule has 0 aliphatic heterocycles. The van der Waals surface area contributed by atoms with Gasteiger partial charge in [-0.3, -0.25) is 0 Å². The van der Waals surface area contributed by atoms with Crippen molar-refractivity contribution in [3.63, 3.8) is 0 Å². The van der Waals surface area contributed by atoms with Crippen LogP contribution in [0.15, 0.2) is 48.5 Å². The molecule has 0 N–H and O–H groups in total. The lowest BCUT2D eigenvalue weighted by Crippen LogP contribution is -2.47. The molecule has 0 saturated carbocycles. The molecule has 2 aromatic rings. The van der Waals surface area contributed by atoms with Crippen molar-refractivity contribution in [1.82, 2.24) is 0 Å². The number of benzene rings is 2. The lowest BCUT2D eigenvalue weighted by atomic mass is 10.2. The highest BCUT2D eigenvalue weighted by atomic mass is 35.5. The van der Waals surface area contributed by atoms with E-state index < -0.39 is 16.9 Å². The molecule has 0 aliphatic rings. The van der Waals surface area contributed by atoms with Crippen LogP contribution in [0.4, 0.5) is 0 Å². The van der Waals surface area contributed by atoms with E-state index in [9.17, 15) is 0 Å². The molecule has 3 heteroatoms. The summed E-state index contributed by atoms with van der Waals surface area (Å²) >= 11 is 6.10. The summed E-state index contributed by atoms with van der Waals surface area (Å²) in [7, 11) is -2.05. The first-order chi connectivity index (χ1) is 9.91. The van der Waals surface area contributed by atoms with Crippen LogP contribution in [0.25, 0.3) is 0 Å². The Morgan fingerprint density at radius 1 is 0.952 bits per heavy atom. The molecule has 0 amide bonds. The summed E-state index contributed by atoms with van der Waals surface area (Å²) in [4.78, 5) is 0. The van der Waals surface area contributed by atoms with Gasteiger partial charge in [0.1, 0.15) is 8.80 Å². The molecular weight excluding hydrogens is 308 g/mol. The molecule has 0 nitrogen and oxygen atoms in total. The van der Waals surface area contributed by atoms with Crippen molar-refractivity contribution in [2.24, 2.45) is 0 Å². The minimum Gasteiger partial charge on any atom is -0.127 e. The molecule has 0 heterocycles.